The van der Waals surface area contributed by atoms with Crippen LogP contribution in [0.2, 0.25) is 0 Å². The molecule has 3 N–H and O–H groups in total. The Morgan fingerprint density at radius 3 is 2.67 bits per heavy atom. The van der Waals surface area contributed by atoms with Crippen LogP contribution in [0.15, 0.2) is 6.20 Å². The smallest absolute Gasteiger partial charge is 0.408 e. The number of anilines is 1. The van der Waals surface area contributed by atoms with E-state index in [1.165, 1.54) is 6.20 Å². The van der Waals surface area contributed by atoms with Crippen molar-refractivity contribution < 1.29 is 24.2 Å². The molecular formula is C12H17N3O5S. The first-order valence-electron chi connectivity index (χ1n) is 6.08. The number of aldehydes is 1. The summed E-state index contributed by atoms with van der Waals surface area (Å²) in [5.41, 5.74) is -0.714. The van der Waals surface area contributed by atoms with Gasteiger partial charge in [-0.3, -0.25) is 4.79 Å². The van der Waals surface area contributed by atoms with Crippen molar-refractivity contribution in [2.45, 2.75) is 32.4 Å². The number of carbonyl (C=O) groups excluding carboxylic acids is 2. The van der Waals surface area contributed by atoms with Crippen LogP contribution in [0.5, 0.6) is 0 Å². The number of alkyl carbamates (subject to hydrolysis) is 1. The molecule has 8 nitrogen and oxygen atoms in total. The molecule has 1 rings (SSSR count). The van der Waals surface area contributed by atoms with Gasteiger partial charge in [0.05, 0.1) is 11.1 Å². The fourth-order valence-corrected chi connectivity index (χ4v) is 1.90. The van der Waals surface area contributed by atoms with Gasteiger partial charge >= 0.3 is 12.1 Å². The molecule has 0 spiro atoms. The van der Waals surface area contributed by atoms with Crippen molar-refractivity contribution in [2.24, 2.45) is 0 Å². The summed E-state index contributed by atoms with van der Waals surface area (Å²) in [6.07, 6.45) is 1.21. The second-order valence-corrected chi connectivity index (χ2v) is 6.17. The molecule has 0 aromatic carbocycles. The summed E-state index contributed by atoms with van der Waals surface area (Å²) in [4.78, 5) is 37.5. The average molecular weight is 315 g/mol. The number of carboxylic acid groups (broad SMARTS) is 1. The normalized spacial score (nSPS) is 12.3. The first-order chi connectivity index (χ1) is 9.71. The highest BCUT2D eigenvalue weighted by Gasteiger charge is 2.24. The molecule has 0 aliphatic rings. The Labute approximate surface area is 125 Å². The summed E-state index contributed by atoms with van der Waals surface area (Å²) < 4.78 is 4.99. The maximum absolute atomic E-state index is 11.6. The van der Waals surface area contributed by atoms with Gasteiger partial charge in [-0.2, -0.15) is 0 Å². The lowest BCUT2D eigenvalue weighted by Crippen LogP contribution is -2.47. The number of nitrogens with one attached hydrogen (secondary N) is 2. The van der Waals surface area contributed by atoms with Crippen LogP contribution < -0.4 is 10.6 Å². The van der Waals surface area contributed by atoms with Gasteiger partial charge in [-0.1, -0.05) is 11.3 Å². The molecule has 0 unspecified atom stereocenters. The van der Waals surface area contributed by atoms with Gasteiger partial charge in [0.1, 0.15) is 11.6 Å². The van der Waals surface area contributed by atoms with E-state index in [4.69, 9.17) is 9.84 Å². The van der Waals surface area contributed by atoms with Gasteiger partial charge in [-0.05, 0) is 20.8 Å². The van der Waals surface area contributed by atoms with Crippen LogP contribution in [-0.4, -0.2) is 46.6 Å². The summed E-state index contributed by atoms with van der Waals surface area (Å²) in [7, 11) is 0. The van der Waals surface area contributed by atoms with Gasteiger partial charge < -0.3 is 20.5 Å². The molecule has 0 bridgehead atoms. The van der Waals surface area contributed by atoms with Crippen LogP contribution in [0.25, 0.3) is 0 Å². The van der Waals surface area contributed by atoms with Crippen LogP contribution in [0, 0.1) is 0 Å². The summed E-state index contributed by atoms with van der Waals surface area (Å²) in [5, 5.41) is 14.5. The van der Waals surface area contributed by atoms with E-state index in [1.807, 2.05) is 0 Å². The number of amides is 1. The Morgan fingerprint density at radius 2 is 2.19 bits per heavy atom. The van der Waals surface area contributed by atoms with Crippen molar-refractivity contribution in [1.29, 1.82) is 0 Å². The number of carboxylic acids is 1. The van der Waals surface area contributed by atoms with Crippen LogP contribution in [-0.2, 0) is 9.53 Å². The minimum Gasteiger partial charge on any atom is -0.480 e. The molecule has 1 aromatic heterocycles. The topological polar surface area (TPSA) is 118 Å². The number of aliphatic carboxylic acids is 1. The average Bonchev–Trinajstić information content (AvgIpc) is 2.79. The Kier molecular flexibility index (Phi) is 5.65. The van der Waals surface area contributed by atoms with E-state index >= 15 is 0 Å². The van der Waals surface area contributed by atoms with Gasteiger partial charge in [-0.25, -0.2) is 14.6 Å². The fraction of sp³-hybridized carbons (Fsp3) is 0.500. The third-order valence-electron chi connectivity index (χ3n) is 2.09. The molecule has 0 aliphatic carbocycles. The van der Waals surface area contributed by atoms with E-state index in [-0.39, 0.29) is 6.54 Å². The van der Waals surface area contributed by atoms with Crippen molar-refractivity contribution in [3.63, 3.8) is 0 Å². The Morgan fingerprint density at radius 1 is 1.52 bits per heavy atom. The first kappa shape index (κ1) is 16.9. The Bertz CT molecular complexity index is 523. The predicted molar refractivity (Wildman–Crippen MR) is 76.8 cm³/mol. The number of carbonyl (C=O) groups is 3. The molecule has 1 atom stereocenters. The lowest BCUT2D eigenvalue weighted by molar-refractivity contribution is -0.139. The highest BCUT2D eigenvalue weighted by atomic mass is 32.1. The van der Waals surface area contributed by atoms with E-state index in [2.05, 4.69) is 15.6 Å². The summed E-state index contributed by atoms with van der Waals surface area (Å²) in [6.45, 7) is 4.95. The van der Waals surface area contributed by atoms with E-state index in [9.17, 15) is 14.4 Å². The molecule has 0 fully saturated rings. The minimum atomic E-state index is -1.21. The largest absolute Gasteiger partial charge is 0.480 e. The SMILES string of the molecule is CC(C)(C)OC(=O)N[C@@H](CNc1ncc(C=O)s1)C(=O)O. The summed E-state index contributed by atoms with van der Waals surface area (Å²) >= 11 is 1.09. The second kappa shape index (κ2) is 7.02. The van der Waals surface area contributed by atoms with E-state index in [0.717, 1.165) is 11.3 Å². The van der Waals surface area contributed by atoms with Crippen molar-refractivity contribution in [3.05, 3.63) is 11.1 Å². The number of thiazole rings is 1. The minimum absolute atomic E-state index is 0.0829. The number of rotatable bonds is 6. The Balaban J connectivity index is 2.55. The molecule has 0 radical (unpaired) electrons. The van der Waals surface area contributed by atoms with Gasteiger partial charge in [0, 0.05) is 6.54 Å². The monoisotopic (exact) mass is 315 g/mol. The third-order valence-corrected chi connectivity index (χ3v) is 2.97. The van der Waals surface area contributed by atoms with E-state index < -0.39 is 23.7 Å². The lowest BCUT2D eigenvalue weighted by atomic mass is 10.2. The molecule has 1 aromatic rings. The molecule has 1 heterocycles. The van der Waals surface area contributed by atoms with E-state index in [1.54, 1.807) is 20.8 Å². The molecule has 0 aliphatic heterocycles. The molecule has 0 saturated carbocycles. The molecule has 1 amide bonds. The van der Waals surface area contributed by atoms with Crippen molar-refractivity contribution in [3.8, 4) is 0 Å². The quantitative estimate of drug-likeness (QED) is 0.678. The molecule has 0 saturated heterocycles. The van der Waals surface area contributed by atoms with Crippen molar-refractivity contribution in [2.75, 3.05) is 11.9 Å². The number of nitrogens with zero attached hydrogens (tertiary/aromatic N) is 1. The summed E-state index contributed by atoms with van der Waals surface area (Å²) in [6, 6.07) is -1.18. The fourth-order valence-electron chi connectivity index (χ4n) is 1.26. The zero-order valence-electron chi connectivity index (χ0n) is 11.9. The highest BCUT2D eigenvalue weighted by molar-refractivity contribution is 7.17. The van der Waals surface area contributed by atoms with Gasteiger partial charge in [0.25, 0.3) is 0 Å². The second-order valence-electron chi connectivity index (χ2n) is 5.10. The van der Waals surface area contributed by atoms with Gasteiger partial charge in [0.2, 0.25) is 0 Å². The Hall–Kier alpha value is -2.16. The van der Waals surface area contributed by atoms with Crippen LogP contribution in [0.4, 0.5) is 9.93 Å². The van der Waals surface area contributed by atoms with Gasteiger partial charge in [-0.15, -0.1) is 0 Å². The first-order valence-corrected chi connectivity index (χ1v) is 6.90. The van der Waals surface area contributed by atoms with Crippen LogP contribution in [0.1, 0.15) is 30.4 Å². The number of hydrogen-bond donors (Lipinski definition) is 3. The zero-order valence-corrected chi connectivity index (χ0v) is 12.7. The molecule has 9 heteroatoms. The lowest BCUT2D eigenvalue weighted by Gasteiger charge is -2.22. The van der Waals surface area contributed by atoms with Crippen molar-refractivity contribution in [1.82, 2.24) is 10.3 Å². The molecule has 116 valence electrons. The number of aromatic nitrogens is 1. The highest BCUT2D eigenvalue weighted by Crippen LogP contribution is 2.15. The van der Waals surface area contributed by atoms with Gasteiger partial charge in [0.15, 0.2) is 11.4 Å². The maximum Gasteiger partial charge on any atom is 0.408 e. The number of hydrogen-bond acceptors (Lipinski definition) is 7. The summed E-state index contributed by atoms with van der Waals surface area (Å²) in [5.74, 6) is -1.21. The van der Waals surface area contributed by atoms with E-state index in [0.29, 0.717) is 16.3 Å². The zero-order chi connectivity index (χ0) is 16.0. The maximum atomic E-state index is 11.6. The third kappa shape index (κ3) is 6.21. The predicted octanol–water partition coefficient (Wildman–Crippen LogP) is 1.35. The molecule has 21 heavy (non-hydrogen) atoms. The van der Waals surface area contributed by atoms with Crippen molar-refractivity contribution >= 4 is 34.8 Å². The van der Waals surface area contributed by atoms with Crippen LogP contribution >= 0.6 is 11.3 Å². The van der Waals surface area contributed by atoms with Crippen LogP contribution in [0.3, 0.4) is 0 Å². The number of ether oxygens (including phenoxy) is 1. The standard InChI is InChI=1S/C12H17N3O5S/c1-12(2,3)20-11(19)15-8(9(17)18)5-14-10-13-4-7(6-16)21-10/h4,6,8H,5H2,1-3H3,(H,13,14)(H,15,19)(H,17,18)/t8-/m0/s1. The molecular weight excluding hydrogens is 298 g/mol.